The minimum Gasteiger partial charge on any atom is -0.372 e. The molecule has 2 N–H and O–H groups in total. The van der Waals surface area contributed by atoms with E-state index in [1.54, 1.807) is 22.4 Å². The summed E-state index contributed by atoms with van der Waals surface area (Å²) in [6.07, 6.45) is 9.03. The Morgan fingerprint density at radius 3 is 2.46 bits per heavy atom. The van der Waals surface area contributed by atoms with Crippen LogP contribution >= 0.6 is 0 Å². The molecule has 0 spiro atoms. The smallest absolute Gasteiger partial charge is 0.329 e. The van der Waals surface area contributed by atoms with Crippen LogP contribution in [0.3, 0.4) is 0 Å². The lowest BCUT2D eigenvalue weighted by Crippen LogP contribution is -2.45. The summed E-state index contributed by atoms with van der Waals surface area (Å²) in [5.41, 5.74) is 2.44. The molecule has 1 aromatic carbocycles. The number of aromatic nitrogens is 5. The number of rotatable bonds is 11. The number of amidine groups is 1. The summed E-state index contributed by atoms with van der Waals surface area (Å²) in [4.78, 5) is 69.6. The number of ether oxygens (including phenoxy) is 1. The number of hydrogen-bond donors (Lipinski definition) is 2. The topological polar surface area (TPSA) is 173 Å². The van der Waals surface area contributed by atoms with Crippen molar-refractivity contribution >= 4 is 51.8 Å². The molecule has 0 radical (unpaired) electrons. The molecule has 3 saturated heterocycles. The van der Waals surface area contributed by atoms with Crippen LogP contribution in [-0.4, -0.2) is 115 Å². The van der Waals surface area contributed by atoms with Gasteiger partial charge in [0.1, 0.15) is 29.3 Å². The fourth-order valence-corrected chi connectivity index (χ4v) is 10.7. The SMILES string of the molecule is C[C@H]1CN(c2ccn3ncc(C(=O)NC4=NC(C5CCC(CN6CCC(CCCc7cccc8c7n(C)c(=O)n8C7CCC(=O)NC7=O)CC6)CC5)N=C4C(F)F)c3n2)C[C@H](C)O1. The highest BCUT2D eigenvalue weighted by molar-refractivity contribution is 6.46. The molecule has 1 saturated carbocycles. The molecule has 9 rings (SSSR count). The summed E-state index contributed by atoms with van der Waals surface area (Å²) in [6.45, 7) is 8.44. The van der Waals surface area contributed by atoms with E-state index in [9.17, 15) is 28.0 Å². The number of alkyl halides is 2. The van der Waals surface area contributed by atoms with Gasteiger partial charge in [0.2, 0.25) is 11.8 Å². The molecule has 16 nitrogen and oxygen atoms in total. The van der Waals surface area contributed by atoms with Gasteiger partial charge in [0.05, 0.1) is 29.4 Å². The van der Waals surface area contributed by atoms with Gasteiger partial charge < -0.3 is 19.9 Å². The first kappa shape index (κ1) is 42.9. The number of halogens is 2. The number of morpholine rings is 1. The fourth-order valence-electron chi connectivity index (χ4n) is 10.7. The van der Waals surface area contributed by atoms with Crippen LogP contribution in [0.1, 0.15) is 100 Å². The summed E-state index contributed by atoms with van der Waals surface area (Å²) in [5.74, 6) is 0.355. The average molecular weight is 870 g/mol. The quantitative estimate of drug-likeness (QED) is 0.203. The number of likely N-dealkylation sites (tertiary alicyclic amines) is 1. The van der Waals surface area contributed by atoms with E-state index in [2.05, 4.69) is 41.6 Å². The van der Waals surface area contributed by atoms with Gasteiger partial charge in [-0.15, -0.1) is 0 Å². The molecular formula is C45H57F2N11O5. The van der Waals surface area contributed by atoms with Crippen LogP contribution in [0, 0.1) is 17.8 Å². The maximum Gasteiger partial charge on any atom is 0.329 e. The van der Waals surface area contributed by atoms with E-state index >= 15 is 0 Å². The van der Waals surface area contributed by atoms with Crippen molar-refractivity contribution in [2.45, 2.75) is 115 Å². The second kappa shape index (κ2) is 18.0. The van der Waals surface area contributed by atoms with Gasteiger partial charge in [0.25, 0.3) is 12.3 Å². The number of anilines is 1. The molecule has 3 amide bonds. The molecular weight excluding hydrogens is 813 g/mol. The van der Waals surface area contributed by atoms with E-state index in [1.165, 1.54) is 10.7 Å². The maximum absolute atomic E-state index is 14.3. The number of carbonyl (C=O) groups excluding carboxylic acids is 3. The van der Waals surface area contributed by atoms with Crippen LogP contribution in [0.5, 0.6) is 0 Å². The van der Waals surface area contributed by atoms with Crippen LogP contribution in [0.4, 0.5) is 14.6 Å². The number of aryl methyl sites for hydroxylation is 2. The second-order valence-electron chi connectivity index (χ2n) is 18.3. The lowest BCUT2D eigenvalue weighted by molar-refractivity contribution is -0.135. The Morgan fingerprint density at radius 2 is 1.73 bits per heavy atom. The number of amides is 3. The van der Waals surface area contributed by atoms with E-state index in [0.29, 0.717) is 42.8 Å². The van der Waals surface area contributed by atoms with Gasteiger partial charge in [-0.25, -0.2) is 28.1 Å². The molecule has 3 aromatic heterocycles. The minimum atomic E-state index is -2.88. The molecule has 4 aliphatic heterocycles. The Kier molecular flexibility index (Phi) is 12.3. The van der Waals surface area contributed by atoms with Crippen molar-refractivity contribution in [1.82, 2.24) is 39.3 Å². The van der Waals surface area contributed by atoms with Crippen molar-refractivity contribution in [3.8, 4) is 0 Å². The Morgan fingerprint density at radius 1 is 0.968 bits per heavy atom. The number of hydrogen-bond acceptors (Lipinski definition) is 11. The zero-order valence-electron chi connectivity index (χ0n) is 36.2. The van der Waals surface area contributed by atoms with Crippen molar-refractivity contribution in [1.29, 1.82) is 0 Å². The number of benzene rings is 1. The minimum absolute atomic E-state index is 0.0226. The number of piperidine rings is 2. The first-order valence-electron chi connectivity index (χ1n) is 22.6. The summed E-state index contributed by atoms with van der Waals surface area (Å²) < 4.78 is 39.2. The number of para-hydroxylation sites is 1. The molecule has 4 atom stereocenters. The van der Waals surface area contributed by atoms with Crippen molar-refractivity contribution in [3.05, 3.63) is 58.3 Å². The van der Waals surface area contributed by atoms with Gasteiger partial charge in [-0.2, -0.15) is 5.10 Å². The summed E-state index contributed by atoms with van der Waals surface area (Å²) in [7, 11) is 1.75. The van der Waals surface area contributed by atoms with Gasteiger partial charge in [0, 0.05) is 45.2 Å². The monoisotopic (exact) mass is 869 g/mol. The maximum atomic E-state index is 14.3. The third-order valence-corrected chi connectivity index (χ3v) is 13.9. The highest BCUT2D eigenvalue weighted by Gasteiger charge is 2.37. The van der Waals surface area contributed by atoms with Crippen LogP contribution in [0.15, 0.2) is 51.4 Å². The van der Waals surface area contributed by atoms with E-state index in [4.69, 9.17) is 9.72 Å². The second-order valence-corrected chi connectivity index (χ2v) is 18.3. The Labute approximate surface area is 364 Å². The Balaban J connectivity index is 0.743. The van der Waals surface area contributed by atoms with Gasteiger partial charge in [-0.1, -0.05) is 18.6 Å². The van der Waals surface area contributed by atoms with Crippen LogP contribution < -0.4 is 21.2 Å². The Bertz CT molecular complexity index is 2490. The molecule has 4 aromatic rings. The van der Waals surface area contributed by atoms with Crippen LogP contribution in [-0.2, 0) is 27.8 Å². The normalized spacial score (nSPS) is 26.4. The predicted octanol–water partition coefficient (Wildman–Crippen LogP) is 4.69. The number of imidazole rings is 1. The number of carbonyl (C=O) groups is 3. The van der Waals surface area contributed by atoms with Gasteiger partial charge in [0.15, 0.2) is 11.5 Å². The van der Waals surface area contributed by atoms with E-state index in [-0.39, 0.29) is 47.5 Å². The average Bonchev–Trinajstić information content (AvgIpc) is 3.96. The first-order chi connectivity index (χ1) is 30.4. The number of nitrogens with zero attached hydrogens (tertiary/aromatic N) is 9. The highest BCUT2D eigenvalue weighted by atomic mass is 19.3. The summed E-state index contributed by atoms with van der Waals surface area (Å²) >= 11 is 0. The van der Waals surface area contributed by atoms with Gasteiger partial charge in [-0.05, 0) is 114 Å². The van der Waals surface area contributed by atoms with Crippen molar-refractivity contribution in [2.75, 3.05) is 37.6 Å². The molecule has 2 unspecified atom stereocenters. The van der Waals surface area contributed by atoms with Crippen molar-refractivity contribution in [3.63, 3.8) is 0 Å². The standard InChI is InChI=1S/C45H57F2N11O5/c1-26-23-56(24-27(2)63-26)35-18-21-57-42(49-35)32(22-48-57)43(60)53-41-37(39(46)47)51-40(52-41)31-12-10-29(11-13-31)25-55-19-16-28(17-20-55)6-4-7-30-8-5-9-33-38(30)54(3)45(62)58(33)34-14-15-36(59)50-44(34)61/h5,8-9,18,21-22,26-29,31,34,39-40H,4,6-7,10-17,19-20,23-25H2,1-3H3,(H,50,59,61)(H,52,53,60)/t26-,27-,29?,31?,34?,40?/m0/s1. The van der Waals surface area contributed by atoms with Crippen molar-refractivity contribution in [2.24, 2.45) is 34.8 Å². The molecule has 5 aliphatic rings. The number of fused-ring (bicyclic) bond motifs is 2. The molecule has 1 aliphatic carbocycles. The number of nitrogens with one attached hydrogen (secondary N) is 2. The van der Waals surface area contributed by atoms with E-state index in [1.807, 2.05) is 32.0 Å². The fraction of sp³-hybridized carbons (Fsp3) is 0.600. The lowest BCUT2D eigenvalue weighted by atomic mass is 9.80. The van der Waals surface area contributed by atoms with E-state index in [0.717, 1.165) is 94.0 Å². The zero-order valence-corrected chi connectivity index (χ0v) is 36.2. The molecule has 0 bridgehead atoms. The third-order valence-electron chi connectivity index (χ3n) is 13.9. The van der Waals surface area contributed by atoms with Crippen LogP contribution in [0.25, 0.3) is 16.7 Å². The molecule has 63 heavy (non-hydrogen) atoms. The van der Waals surface area contributed by atoms with Gasteiger partial charge in [-0.3, -0.25) is 33.8 Å². The van der Waals surface area contributed by atoms with Crippen LogP contribution in [0.2, 0.25) is 0 Å². The number of imide groups is 1. The van der Waals surface area contributed by atoms with Gasteiger partial charge >= 0.3 is 5.69 Å². The predicted molar refractivity (Wildman–Crippen MR) is 233 cm³/mol. The third kappa shape index (κ3) is 8.93. The largest absolute Gasteiger partial charge is 0.372 e. The van der Waals surface area contributed by atoms with Crippen molar-refractivity contribution < 1.29 is 27.9 Å². The summed E-state index contributed by atoms with van der Waals surface area (Å²) in [5, 5.41) is 9.29. The zero-order chi connectivity index (χ0) is 43.9. The van der Waals surface area contributed by atoms with E-state index < -0.39 is 36.2 Å². The molecule has 4 fully saturated rings. The molecule has 18 heteroatoms. The Hall–Kier alpha value is -5.36. The lowest BCUT2D eigenvalue weighted by Gasteiger charge is -2.37. The number of aliphatic imine (C=N–C) groups is 2. The molecule has 7 heterocycles. The highest BCUT2D eigenvalue weighted by Crippen LogP contribution is 2.36. The molecule has 336 valence electrons. The first-order valence-corrected chi connectivity index (χ1v) is 22.6. The summed E-state index contributed by atoms with van der Waals surface area (Å²) in [6, 6.07) is 7.04.